The van der Waals surface area contributed by atoms with Gasteiger partial charge in [-0.05, 0) is 45.6 Å². The topological polar surface area (TPSA) is 51.0 Å². The van der Waals surface area contributed by atoms with Crippen LogP contribution in [0.3, 0.4) is 0 Å². The summed E-state index contributed by atoms with van der Waals surface area (Å²) in [4.78, 5) is 30.9. The maximum atomic E-state index is 13.2. The standard InChI is InChI=1S/C20H26N2O3/c1-14-9-8-12-20(17(14)23,15-10-7-11-16(13-15)21-5)22(6)18(24)25-19(2,3)4/h7,10-11,13-14H,8-9,12H2,1-4,6H3/t14?,20-/m1/s1. The zero-order valence-electron chi connectivity index (χ0n) is 15.6. The number of carbonyl (C=O) groups is 2. The maximum absolute atomic E-state index is 13.2. The van der Waals surface area contributed by atoms with Gasteiger partial charge in [-0.2, -0.15) is 0 Å². The number of hydrogen-bond acceptors (Lipinski definition) is 3. The van der Waals surface area contributed by atoms with Gasteiger partial charge in [0.15, 0.2) is 11.5 Å². The van der Waals surface area contributed by atoms with Crippen LogP contribution in [0.15, 0.2) is 24.3 Å². The maximum Gasteiger partial charge on any atom is 0.411 e. The molecule has 0 bridgehead atoms. The molecule has 1 aliphatic rings. The zero-order valence-corrected chi connectivity index (χ0v) is 15.6. The molecule has 0 aliphatic heterocycles. The normalized spacial score (nSPS) is 23.7. The molecule has 0 spiro atoms. The van der Waals surface area contributed by atoms with Gasteiger partial charge in [0.05, 0.1) is 6.57 Å². The van der Waals surface area contributed by atoms with Crippen molar-refractivity contribution in [2.24, 2.45) is 5.92 Å². The molecule has 1 unspecified atom stereocenters. The molecular formula is C20H26N2O3. The van der Waals surface area contributed by atoms with Gasteiger partial charge in [0.2, 0.25) is 0 Å². The van der Waals surface area contributed by atoms with E-state index < -0.39 is 17.2 Å². The first-order chi connectivity index (χ1) is 11.6. The summed E-state index contributed by atoms with van der Waals surface area (Å²) >= 11 is 0. The van der Waals surface area contributed by atoms with Gasteiger partial charge in [0.25, 0.3) is 0 Å². The number of ether oxygens (including phenoxy) is 1. The minimum absolute atomic E-state index is 0.00856. The molecule has 0 N–H and O–H groups in total. The average molecular weight is 342 g/mol. The van der Waals surface area contributed by atoms with E-state index in [0.717, 1.165) is 12.8 Å². The van der Waals surface area contributed by atoms with Crippen molar-refractivity contribution in [3.63, 3.8) is 0 Å². The number of rotatable bonds is 2. The van der Waals surface area contributed by atoms with Crippen LogP contribution in [-0.2, 0) is 15.1 Å². The lowest BCUT2D eigenvalue weighted by atomic mass is 9.70. The van der Waals surface area contributed by atoms with Crippen LogP contribution in [0.5, 0.6) is 0 Å². The van der Waals surface area contributed by atoms with E-state index in [2.05, 4.69) is 4.85 Å². The highest BCUT2D eigenvalue weighted by Gasteiger charge is 2.50. The van der Waals surface area contributed by atoms with Crippen LogP contribution < -0.4 is 0 Å². The number of hydrogen-bond donors (Lipinski definition) is 0. The molecule has 0 radical (unpaired) electrons. The van der Waals surface area contributed by atoms with E-state index >= 15 is 0 Å². The Bertz CT molecular complexity index is 714. The van der Waals surface area contributed by atoms with Crippen LogP contribution in [0.2, 0.25) is 0 Å². The molecule has 5 heteroatoms. The Morgan fingerprint density at radius 2 is 2.08 bits per heavy atom. The minimum atomic E-state index is -1.08. The number of carbonyl (C=O) groups excluding carboxylic acids is 2. The van der Waals surface area contributed by atoms with Crippen LogP contribution in [-0.4, -0.2) is 29.4 Å². The van der Waals surface area contributed by atoms with Gasteiger partial charge < -0.3 is 4.74 Å². The Morgan fingerprint density at radius 1 is 1.40 bits per heavy atom. The number of benzene rings is 1. The number of amides is 1. The highest BCUT2D eigenvalue weighted by molar-refractivity contribution is 5.95. The molecule has 1 fully saturated rings. The van der Waals surface area contributed by atoms with Gasteiger partial charge >= 0.3 is 6.09 Å². The van der Waals surface area contributed by atoms with Crippen molar-refractivity contribution in [3.8, 4) is 0 Å². The summed E-state index contributed by atoms with van der Waals surface area (Å²) in [7, 11) is 1.62. The summed E-state index contributed by atoms with van der Waals surface area (Å²) in [5.74, 6) is -0.135. The predicted molar refractivity (Wildman–Crippen MR) is 96.4 cm³/mol. The molecular weight excluding hydrogens is 316 g/mol. The van der Waals surface area contributed by atoms with E-state index in [1.165, 1.54) is 4.90 Å². The van der Waals surface area contributed by atoms with Crippen molar-refractivity contribution >= 4 is 17.6 Å². The lowest BCUT2D eigenvalue weighted by Crippen LogP contribution is -2.57. The molecule has 2 atom stereocenters. The first kappa shape index (κ1) is 19.0. The molecule has 1 saturated carbocycles. The first-order valence-electron chi connectivity index (χ1n) is 8.61. The average Bonchev–Trinajstić information content (AvgIpc) is 2.55. The Kier molecular flexibility index (Phi) is 5.22. The Balaban J connectivity index is 2.55. The summed E-state index contributed by atoms with van der Waals surface area (Å²) in [5.41, 5.74) is -0.582. The van der Waals surface area contributed by atoms with Gasteiger partial charge in [-0.1, -0.05) is 31.2 Å². The smallest absolute Gasteiger partial charge is 0.411 e. The summed E-state index contributed by atoms with van der Waals surface area (Å²) in [6.07, 6.45) is 1.66. The molecule has 0 heterocycles. The van der Waals surface area contributed by atoms with Gasteiger partial charge in [-0.3, -0.25) is 9.69 Å². The van der Waals surface area contributed by atoms with Crippen LogP contribution in [0.1, 0.15) is 52.5 Å². The second-order valence-electron chi connectivity index (χ2n) is 7.72. The molecule has 1 aromatic rings. The molecule has 25 heavy (non-hydrogen) atoms. The SMILES string of the molecule is [C-]#[N+]c1cccc([C@]2(N(C)C(=O)OC(C)(C)C)CCCC(C)C2=O)c1. The van der Waals surface area contributed by atoms with Crippen molar-refractivity contribution in [3.05, 3.63) is 41.2 Å². The van der Waals surface area contributed by atoms with Crippen LogP contribution in [0, 0.1) is 12.5 Å². The number of ketones is 1. The number of nitrogens with zero attached hydrogens (tertiary/aromatic N) is 2. The highest BCUT2D eigenvalue weighted by atomic mass is 16.6. The quantitative estimate of drug-likeness (QED) is 0.733. The molecule has 1 aliphatic carbocycles. The van der Waals surface area contributed by atoms with Crippen molar-refractivity contribution in [1.29, 1.82) is 0 Å². The highest BCUT2D eigenvalue weighted by Crippen LogP contribution is 2.42. The fourth-order valence-electron chi connectivity index (χ4n) is 3.46. The van der Waals surface area contributed by atoms with Gasteiger partial charge in [0, 0.05) is 13.0 Å². The van der Waals surface area contributed by atoms with Crippen LogP contribution in [0.4, 0.5) is 10.5 Å². The molecule has 134 valence electrons. The van der Waals surface area contributed by atoms with Crippen molar-refractivity contribution < 1.29 is 14.3 Å². The summed E-state index contributed by atoms with van der Waals surface area (Å²) in [6.45, 7) is 14.6. The Morgan fingerprint density at radius 3 is 2.68 bits per heavy atom. The predicted octanol–water partition coefficient (Wildman–Crippen LogP) is 4.69. The van der Waals surface area contributed by atoms with Crippen molar-refractivity contribution in [2.45, 2.75) is 58.1 Å². The monoisotopic (exact) mass is 342 g/mol. The Labute approximate surface area is 149 Å². The Hall–Kier alpha value is -2.35. The van der Waals surface area contributed by atoms with E-state index in [9.17, 15) is 9.59 Å². The van der Waals surface area contributed by atoms with E-state index in [1.54, 1.807) is 46.0 Å². The molecule has 0 saturated heterocycles. The van der Waals surface area contributed by atoms with Gasteiger partial charge in [-0.25, -0.2) is 9.64 Å². The lowest BCUT2D eigenvalue weighted by molar-refractivity contribution is -0.138. The zero-order chi connectivity index (χ0) is 18.8. The van der Waals surface area contributed by atoms with E-state index in [4.69, 9.17) is 11.3 Å². The fourth-order valence-corrected chi connectivity index (χ4v) is 3.46. The molecule has 5 nitrogen and oxygen atoms in total. The molecule has 1 aromatic carbocycles. The largest absolute Gasteiger partial charge is 0.444 e. The molecule has 1 amide bonds. The van der Waals surface area contributed by atoms with Gasteiger partial charge in [0.1, 0.15) is 11.1 Å². The van der Waals surface area contributed by atoms with E-state index in [-0.39, 0.29) is 11.7 Å². The molecule has 2 rings (SSSR count). The van der Waals surface area contributed by atoms with E-state index in [1.807, 2.05) is 13.0 Å². The van der Waals surface area contributed by atoms with Crippen molar-refractivity contribution in [2.75, 3.05) is 7.05 Å². The first-order valence-corrected chi connectivity index (χ1v) is 8.61. The summed E-state index contributed by atoms with van der Waals surface area (Å²) < 4.78 is 5.51. The summed E-state index contributed by atoms with van der Waals surface area (Å²) in [6, 6.07) is 7.00. The second-order valence-corrected chi connectivity index (χ2v) is 7.72. The van der Waals surface area contributed by atoms with Crippen molar-refractivity contribution in [1.82, 2.24) is 4.90 Å². The molecule has 0 aromatic heterocycles. The van der Waals surface area contributed by atoms with Gasteiger partial charge in [-0.15, -0.1) is 0 Å². The van der Waals surface area contributed by atoms with Crippen LogP contribution in [0.25, 0.3) is 4.85 Å². The summed E-state index contributed by atoms with van der Waals surface area (Å²) in [5, 5.41) is 0. The third-order valence-electron chi connectivity index (χ3n) is 4.72. The van der Waals surface area contributed by atoms with Crippen LogP contribution >= 0.6 is 0 Å². The third-order valence-corrected chi connectivity index (χ3v) is 4.72. The number of Topliss-reactive ketones (excluding diaryl/α,β-unsaturated/α-hetero) is 1. The number of likely N-dealkylation sites (N-methyl/N-ethyl adjacent to an activating group) is 1. The lowest BCUT2D eigenvalue weighted by Gasteiger charge is -2.45. The second kappa shape index (κ2) is 6.87. The fraction of sp³-hybridized carbons (Fsp3) is 0.550. The minimum Gasteiger partial charge on any atom is -0.444 e. The third kappa shape index (κ3) is 3.68. The van der Waals surface area contributed by atoms with E-state index in [0.29, 0.717) is 17.7 Å².